The highest BCUT2D eigenvalue weighted by Crippen LogP contribution is 2.29. The zero-order valence-corrected chi connectivity index (χ0v) is 12.3. The first-order valence-electron chi connectivity index (χ1n) is 7.49. The lowest BCUT2D eigenvalue weighted by molar-refractivity contribution is 0.234. The van der Waals surface area contributed by atoms with Crippen LogP contribution < -0.4 is 10.6 Å². The van der Waals surface area contributed by atoms with Gasteiger partial charge in [0.2, 0.25) is 0 Å². The van der Waals surface area contributed by atoms with E-state index in [9.17, 15) is 4.79 Å². The van der Waals surface area contributed by atoms with Gasteiger partial charge in [-0.3, -0.25) is 4.68 Å². The molecule has 0 saturated heterocycles. The highest BCUT2D eigenvalue weighted by molar-refractivity contribution is 5.74. The van der Waals surface area contributed by atoms with Crippen LogP contribution >= 0.6 is 0 Å². The van der Waals surface area contributed by atoms with Crippen molar-refractivity contribution in [1.82, 2.24) is 20.4 Å². The Kier molecular flexibility index (Phi) is 4.43. The number of aliphatic hydroxyl groups excluding tert-OH is 1. The van der Waals surface area contributed by atoms with Crippen molar-refractivity contribution in [1.29, 1.82) is 0 Å². The first-order chi connectivity index (χ1) is 10.8. The summed E-state index contributed by atoms with van der Waals surface area (Å²) in [5.41, 5.74) is 3.09. The van der Waals surface area contributed by atoms with Gasteiger partial charge in [-0.2, -0.15) is 5.10 Å². The van der Waals surface area contributed by atoms with Crippen molar-refractivity contribution in [3.05, 3.63) is 41.6 Å². The van der Waals surface area contributed by atoms with E-state index in [0.29, 0.717) is 13.1 Å². The lowest BCUT2D eigenvalue weighted by Gasteiger charge is -2.24. The molecular formula is C15H20N4O3. The van der Waals surface area contributed by atoms with Gasteiger partial charge in [-0.15, -0.1) is 0 Å². The molecule has 0 aromatic carbocycles. The molecule has 1 aliphatic carbocycles. The summed E-state index contributed by atoms with van der Waals surface area (Å²) >= 11 is 0. The maximum atomic E-state index is 12.0. The standard InChI is InChI=1S/C15H20N4O3/c20-6-5-19-14-3-1-2-13(12(14)9-17-19)18-15(21)16-8-11-4-7-22-10-11/h4,7,9-10,13,20H,1-3,5-6,8H2,(H2,16,18,21)/t13-/m0/s1. The van der Waals surface area contributed by atoms with Crippen LogP contribution in [-0.4, -0.2) is 27.5 Å². The van der Waals surface area contributed by atoms with Crippen LogP contribution in [0.15, 0.2) is 29.2 Å². The van der Waals surface area contributed by atoms with E-state index in [2.05, 4.69) is 15.7 Å². The maximum Gasteiger partial charge on any atom is 0.315 e. The number of nitrogens with zero attached hydrogens (tertiary/aromatic N) is 2. The summed E-state index contributed by atoms with van der Waals surface area (Å²) in [5, 5.41) is 19.2. The van der Waals surface area contributed by atoms with Gasteiger partial charge in [0.1, 0.15) is 0 Å². The van der Waals surface area contributed by atoms with Crippen LogP contribution in [0.4, 0.5) is 4.79 Å². The predicted molar refractivity (Wildman–Crippen MR) is 79.1 cm³/mol. The molecule has 0 bridgehead atoms. The molecule has 7 heteroatoms. The van der Waals surface area contributed by atoms with E-state index in [0.717, 1.165) is 36.1 Å². The molecule has 3 rings (SSSR count). The number of aliphatic hydroxyl groups is 1. The van der Waals surface area contributed by atoms with Crippen LogP contribution in [0.2, 0.25) is 0 Å². The monoisotopic (exact) mass is 304 g/mol. The Morgan fingerprint density at radius 1 is 1.55 bits per heavy atom. The largest absolute Gasteiger partial charge is 0.472 e. The zero-order valence-electron chi connectivity index (χ0n) is 12.3. The van der Waals surface area contributed by atoms with Gasteiger partial charge in [-0.05, 0) is 25.3 Å². The second-order valence-electron chi connectivity index (χ2n) is 5.40. The lowest BCUT2D eigenvalue weighted by atomic mass is 9.93. The molecular weight excluding hydrogens is 284 g/mol. The van der Waals surface area contributed by atoms with E-state index >= 15 is 0 Å². The Labute approximate surface area is 128 Å². The van der Waals surface area contributed by atoms with Gasteiger partial charge in [0, 0.05) is 23.4 Å². The van der Waals surface area contributed by atoms with Crippen LogP contribution in [0.1, 0.15) is 35.7 Å². The molecule has 0 saturated carbocycles. The normalized spacial score (nSPS) is 17.0. The average Bonchev–Trinajstić information content (AvgIpc) is 3.16. The Morgan fingerprint density at radius 2 is 2.45 bits per heavy atom. The third kappa shape index (κ3) is 3.14. The number of nitrogens with one attached hydrogen (secondary N) is 2. The minimum atomic E-state index is -0.200. The van der Waals surface area contributed by atoms with E-state index in [1.807, 2.05) is 10.7 Å². The van der Waals surface area contributed by atoms with Crippen molar-refractivity contribution in [3.63, 3.8) is 0 Å². The van der Waals surface area contributed by atoms with Crippen LogP contribution in [-0.2, 0) is 19.5 Å². The summed E-state index contributed by atoms with van der Waals surface area (Å²) in [5.74, 6) is 0. The molecule has 1 atom stereocenters. The second-order valence-corrected chi connectivity index (χ2v) is 5.40. The van der Waals surface area contributed by atoms with E-state index in [4.69, 9.17) is 9.52 Å². The number of hydrogen-bond donors (Lipinski definition) is 3. The van der Waals surface area contributed by atoms with Crippen molar-refractivity contribution < 1.29 is 14.3 Å². The molecule has 0 fully saturated rings. The summed E-state index contributed by atoms with van der Waals surface area (Å²) in [6.45, 7) is 0.998. The number of rotatable bonds is 5. The summed E-state index contributed by atoms with van der Waals surface area (Å²) in [6.07, 6.45) is 7.82. The number of aromatic nitrogens is 2. The number of carbonyl (C=O) groups excluding carboxylic acids is 1. The second kappa shape index (κ2) is 6.65. The average molecular weight is 304 g/mol. The van der Waals surface area contributed by atoms with Gasteiger partial charge < -0.3 is 20.2 Å². The van der Waals surface area contributed by atoms with Crippen LogP contribution in [0.5, 0.6) is 0 Å². The minimum Gasteiger partial charge on any atom is -0.472 e. The fourth-order valence-electron chi connectivity index (χ4n) is 2.84. The van der Waals surface area contributed by atoms with Gasteiger partial charge in [-0.1, -0.05) is 0 Å². The summed E-state index contributed by atoms with van der Waals surface area (Å²) in [4.78, 5) is 12.0. The van der Waals surface area contributed by atoms with Crippen molar-refractivity contribution >= 4 is 6.03 Å². The molecule has 7 nitrogen and oxygen atoms in total. The number of furan rings is 1. The quantitative estimate of drug-likeness (QED) is 0.777. The summed E-state index contributed by atoms with van der Waals surface area (Å²) < 4.78 is 6.79. The molecule has 2 aromatic heterocycles. The Balaban J connectivity index is 1.60. The fraction of sp³-hybridized carbons (Fsp3) is 0.467. The first-order valence-corrected chi connectivity index (χ1v) is 7.49. The van der Waals surface area contributed by atoms with Gasteiger partial charge >= 0.3 is 6.03 Å². The Morgan fingerprint density at radius 3 is 3.23 bits per heavy atom. The van der Waals surface area contributed by atoms with Gasteiger partial charge in [0.05, 0.1) is 37.9 Å². The maximum absolute atomic E-state index is 12.0. The molecule has 2 heterocycles. The van der Waals surface area contributed by atoms with E-state index in [1.165, 1.54) is 0 Å². The van der Waals surface area contributed by atoms with E-state index < -0.39 is 0 Å². The molecule has 0 unspecified atom stereocenters. The predicted octanol–water partition coefficient (Wildman–Crippen LogP) is 1.35. The number of amides is 2. The minimum absolute atomic E-state index is 0.0273. The van der Waals surface area contributed by atoms with Gasteiger partial charge in [0.25, 0.3) is 0 Å². The topological polar surface area (TPSA) is 92.3 Å². The van der Waals surface area contributed by atoms with Crippen molar-refractivity contribution in [2.45, 2.75) is 38.4 Å². The van der Waals surface area contributed by atoms with Crippen molar-refractivity contribution in [2.75, 3.05) is 6.61 Å². The van der Waals surface area contributed by atoms with E-state index in [-0.39, 0.29) is 18.7 Å². The van der Waals surface area contributed by atoms with Crippen LogP contribution in [0.3, 0.4) is 0 Å². The number of hydrogen-bond acceptors (Lipinski definition) is 4. The van der Waals surface area contributed by atoms with Gasteiger partial charge in [0.15, 0.2) is 0 Å². The summed E-state index contributed by atoms with van der Waals surface area (Å²) in [7, 11) is 0. The number of fused-ring (bicyclic) bond motifs is 1. The molecule has 0 aliphatic heterocycles. The van der Waals surface area contributed by atoms with Gasteiger partial charge in [-0.25, -0.2) is 4.79 Å². The van der Waals surface area contributed by atoms with Crippen LogP contribution in [0.25, 0.3) is 0 Å². The highest BCUT2D eigenvalue weighted by Gasteiger charge is 2.25. The molecule has 118 valence electrons. The van der Waals surface area contributed by atoms with E-state index in [1.54, 1.807) is 18.7 Å². The molecule has 1 aliphatic rings. The molecule has 2 amide bonds. The fourth-order valence-corrected chi connectivity index (χ4v) is 2.84. The molecule has 3 N–H and O–H groups in total. The Hall–Kier alpha value is -2.28. The Bertz CT molecular complexity index is 621. The number of carbonyl (C=O) groups is 1. The smallest absolute Gasteiger partial charge is 0.315 e. The SMILES string of the molecule is O=C(NCc1ccoc1)N[C@H]1CCCc2c1cnn2CCO. The third-order valence-electron chi connectivity index (χ3n) is 3.91. The molecule has 0 radical (unpaired) electrons. The zero-order chi connectivity index (χ0) is 15.4. The van der Waals surface area contributed by atoms with Crippen molar-refractivity contribution in [3.8, 4) is 0 Å². The third-order valence-corrected chi connectivity index (χ3v) is 3.91. The lowest BCUT2D eigenvalue weighted by Crippen LogP contribution is -2.38. The molecule has 0 spiro atoms. The molecule has 2 aromatic rings. The van der Waals surface area contributed by atoms with Crippen LogP contribution in [0, 0.1) is 0 Å². The summed E-state index contributed by atoms with van der Waals surface area (Å²) in [6, 6.07) is 1.59. The first kappa shape index (κ1) is 14.6. The highest BCUT2D eigenvalue weighted by atomic mass is 16.3. The van der Waals surface area contributed by atoms with Crippen molar-refractivity contribution in [2.24, 2.45) is 0 Å². The molecule has 22 heavy (non-hydrogen) atoms. The number of urea groups is 1.